The van der Waals surface area contributed by atoms with Crippen LogP contribution >= 0.6 is 27.7 Å². The molecule has 3 amide bonds. The van der Waals surface area contributed by atoms with Crippen molar-refractivity contribution < 1.29 is 28.8 Å². The Bertz CT molecular complexity index is 1590. The van der Waals surface area contributed by atoms with E-state index in [0.717, 1.165) is 27.9 Å². The summed E-state index contributed by atoms with van der Waals surface area (Å²) in [7, 11) is 0. The van der Waals surface area contributed by atoms with Crippen molar-refractivity contribution in [3.8, 4) is 11.5 Å². The molecule has 5 rings (SSSR count). The molecule has 0 atom stereocenters. The lowest BCUT2D eigenvalue weighted by Crippen LogP contribution is -2.51. The van der Waals surface area contributed by atoms with Crippen LogP contribution in [0.3, 0.4) is 0 Å². The van der Waals surface area contributed by atoms with Gasteiger partial charge < -0.3 is 19.3 Å². The van der Waals surface area contributed by atoms with Crippen molar-refractivity contribution in [2.45, 2.75) is 13.5 Å². The SMILES string of the molecule is CCOc1cc(/C=C2/SC(=O)N(CC(=O)N3CCN(c4ccccc4)CC3)C2=O)cc(Br)c1OCc1ccc([N+](=O)[O-])cc1. The van der Waals surface area contributed by atoms with Crippen LogP contribution in [0, 0.1) is 10.1 Å². The van der Waals surface area contributed by atoms with Gasteiger partial charge in [0.1, 0.15) is 13.2 Å². The van der Waals surface area contributed by atoms with E-state index in [1.54, 1.807) is 35.2 Å². The number of non-ortho nitro benzene ring substituents is 1. The molecule has 0 unspecified atom stereocenters. The largest absolute Gasteiger partial charge is 0.490 e. The Labute approximate surface area is 266 Å². The third-order valence-electron chi connectivity index (χ3n) is 7.08. The van der Waals surface area contributed by atoms with Crippen LogP contribution in [-0.4, -0.2) is 71.1 Å². The van der Waals surface area contributed by atoms with Gasteiger partial charge in [-0.05, 0) is 88.2 Å². The van der Waals surface area contributed by atoms with Crippen molar-refractivity contribution in [2.24, 2.45) is 0 Å². The van der Waals surface area contributed by atoms with Crippen molar-refractivity contribution in [3.05, 3.63) is 97.3 Å². The molecular formula is C31H29BrN4O7S. The molecule has 228 valence electrons. The summed E-state index contributed by atoms with van der Waals surface area (Å²) in [6.07, 6.45) is 1.58. The molecule has 0 N–H and O–H groups in total. The van der Waals surface area contributed by atoms with E-state index in [0.29, 0.717) is 54.3 Å². The van der Waals surface area contributed by atoms with Gasteiger partial charge in [-0.1, -0.05) is 18.2 Å². The van der Waals surface area contributed by atoms with Crippen LogP contribution in [0.25, 0.3) is 6.08 Å². The van der Waals surface area contributed by atoms with Crippen LogP contribution in [-0.2, 0) is 16.2 Å². The summed E-state index contributed by atoms with van der Waals surface area (Å²) in [5.41, 5.74) is 2.41. The lowest BCUT2D eigenvalue weighted by atomic mass is 10.1. The van der Waals surface area contributed by atoms with E-state index in [9.17, 15) is 24.5 Å². The summed E-state index contributed by atoms with van der Waals surface area (Å²) in [5.74, 6) is 0.0496. The summed E-state index contributed by atoms with van der Waals surface area (Å²) >= 11 is 4.30. The number of rotatable bonds is 10. The van der Waals surface area contributed by atoms with E-state index in [4.69, 9.17) is 9.47 Å². The number of thioether (sulfide) groups is 1. The predicted molar refractivity (Wildman–Crippen MR) is 171 cm³/mol. The molecule has 11 nitrogen and oxygen atoms in total. The van der Waals surface area contributed by atoms with Crippen molar-refractivity contribution in [1.29, 1.82) is 0 Å². The highest BCUT2D eigenvalue weighted by atomic mass is 79.9. The normalized spacial score (nSPS) is 16.0. The first-order valence-electron chi connectivity index (χ1n) is 13.9. The average Bonchev–Trinajstić information content (AvgIpc) is 3.28. The van der Waals surface area contributed by atoms with Gasteiger partial charge in [-0.25, -0.2) is 0 Å². The third-order valence-corrected chi connectivity index (χ3v) is 8.58. The van der Waals surface area contributed by atoms with Crippen molar-refractivity contribution in [2.75, 3.05) is 44.2 Å². The molecule has 0 aromatic heterocycles. The van der Waals surface area contributed by atoms with Crippen LogP contribution in [0.5, 0.6) is 11.5 Å². The highest BCUT2D eigenvalue weighted by molar-refractivity contribution is 9.10. The zero-order valence-electron chi connectivity index (χ0n) is 23.8. The number of ether oxygens (including phenoxy) is 2. The lowest BCUT2D eigenvalue weighted by Gasteiger charge is -2.36. The molecule has 0 radical (unpaired) electrons. The zero-order chi connectivity index (χ0) is 31.2. The van der Waals surface area contributed by atoms with Gasteiger partial charge in [0.15, 0.2) is 11.5 Å². The number of piperazine rings is 1. The topological polar surface area (TPSA) is 123 Å². The molecule has 0 saturated carbocycles. The predicted octanol–water partition coefficient (Wildman–Crippen LogP) is 5.72. The van der Waals surface area contributed by atoms with Crippen LogP contribution in [0.1, 0.15) is 18.1 Å². The van der Waals surface area contributed by atoms with E-state index in [1.807, 2.05) is 37.3 Å². The highest BCUT2D eigenvalue weighted by Crippen LogP contribution is 2.40. The summed E-state index contributed by atoms with van der Waals surface area (Å²) < 4.78 is 12.3. The highest BCUT2D eigenvalue weighted by Gasteiger charge is 2.37. The maximum Gasteiger partial charge on any atom is 0.294 e. The number of amides is 3. The van der Waals surface area contributed by atoms with Gasteiger partial charge in [-0.2, -0.15) is 0 Å². The molecule has 2 heterocycles. The molecule has 2 fully saturated rings. The smallest absolute Gasteiger partial charge is 0.294 e. The number of imide groups is 1. The number of nitrogens with zero attached hydrogens (tertiary/aromatic N) is 4. The Kier molecular flexibility index (Phi) is 9.85. The standard InChI is InChI=1S/C31H29BrN4O7S/c1-2-42-26-17-22(16-25(32)29(26)43-20-21-8-10-24(11-9-21)36(40)41)18-27-30(38)35(31(39)44-27)19-28(37)34-14-12-33(13-15-34)23-6-4-3-5-7-23/h3-11,16-18H,2,12-15,19-20H2,1H3/b27-18+. The minimum absolute atomic E-state index is 0.00950. The number of anilines is 1. The van der Waals surface area contributed by atoms with Crippen molar-refractivity contribution in [1.82, 2.24) is 9.80 Å². The van der Waals surface area contributed by atoms with Gasteiger partial charge in [0.25, 0.3) is 16.8 Å². The Morgan fingerprint density at radius 1 is 1.02 bits per heavy atom. The fourth-order valence-corrected chi connectivity index (χ4v) is 6.23. The monoisotopic (exact) mass is 680 g/mol. The molecule has 2 aliphatic rings. The molecule has 13 heteroatoms. The fraction of sp³-hybridized carbons (Fsp3) is 0.258. The van der Waals surface area contributed by atoms with Gasteiger partial charge in [-0.3, -0.25) is 29.4 Å². The molecule has 44 heavy (non-hydrogen) atoms. The minimum Gasteiger partial charge on any atom is -0.490 e. The van der Waals surface area contributed by atoms with E-state index in [1.165, 1.54) is 12.1 Å². The number of nitro benzene ring substituents is 1. The number of hydrogen-bond donors (Lipinski definition) is 0. The summed E-state index contributed by atoms with van der Waals surface area (Å²) in [6, 6.07) is 19.5. The maximum atomic E-state index is 13.2. The van der Waals surface area contributed by atoms with Gasteiger partial charge in [0.05, 0.1) is 20.9 Å². The number of benzene rings is 3. The summed E-state index contributed by atoms with van der Waals surface area (Å²) in [6.45, 7) is 4.36. The van der Waals surface area contributed by atoms with Gasteiger partial charge in [0, 0.05) is 44.0 Å². The molecule has 2 aliphatic heterocycles. The fourth-order valence-electron chi connectivity index (χ4n) is 4.82. The Hall–Kier alpha value is -4.36. The molecule has 0 spiro atoms. The first-order chi connectivity index (χ1) is 21.2. The van der Waals surface area contributed by atoms with Gasteiger partial charge in [-0.15, -0.1) is 0 Å². The number of halogens is 1. The van der Waals surface area contributed by atoms with E-state index in [2.05, 4.69) is 20.8 Å². The van der Waals surface area contributed by atoms with Gasteiger partial charge >= 0.3 is 0 Å². The first kappa shape index (κ1) is 31.1. The number of carbonyl (C=O) groups excluding carboxylic acids is 3. The Balaban J connectivity index is 1.23. The van der Waals surface area contributed by atoms with Crippen LogP contribution in [0.4, 0.5) is 16.2 Å². The van der Waals surface area contributed by atoms with Crippen LogP contribution in [0.15, 0.2) is 76.1 Å². The Morgan fingerprint density at radius 3 is 2.39 bits per heavy atom. The molecule has 3 aromatic rings. The second-order valence-electron chi connectivity index (χ2n) is 9.95. The number of nitro groups is 1. The average molecular weight is 682 g/mol. The second kappa shape index (κ2) is 14.0. The summed E-state index contributed by atoms with van der Waals surface area (Å²) in [5, 5.41) is 10.4. The van der Waals surface area contributed by atoms with E-state index in [-0.39, 0.29) is 29.7 Å². The Morgan fingerprint density at radius 2 is 1.73 bits per heavy atom. The number of para-hydroxylation sites is 1. The second-order valence-corrected chi connectivity index (χ2v) is 11.8. The van der Waals surface area contributed by atoms with Crippen LogP contribution < -0.4 is 14.4 Å². The maximum absolute atomic E-state index is 13.2. The molecule has 3 aromatic carbocycles. The summed E-state index contributed by atoms with van der Waals surface area (Å²) in [4.78, 5) is 54.5. The van der Waals surface area contributed by atoms with E-state index >= 15 is 0 Å². The van der Waals surface area contributed by atoms with E-state index < -0.39 is 16.1 Å². The molecular weight excluding hydrogens is 652 g/mol. The van der Waals surface area contributed by atoms with Crippen molar-refractivity contribution >= 4 is 62.2 Å². The number of carbonyl (C=O) groups is 3. The zero-order valence-corrected chi connectivity index (χ0v) is 26.2. The van der Waals surface area contributed by atoms with Crippen molar-refractivity contribution in [3.63, 3.8) is 0 Å². The quantitative estimate of drug-likeness (QED) is 0.150. The molecule has 2 saturated heterocycles. The first-order valence-corrected chi connectivity index (χ1v) is 15.5. The lowest BCUT2D eigenvalue weighted by molar-refractivity contribution is -0.384. The molecule has 0 bridgehead atoms. The number of hydrogen-bond acceptors (Lipinski definition) is 9. The molecule has 0 aliphatic carbocycles. The van der Waals surface area contributed by atoms with Gasteiger partial charge in [0.2, 0.25) is 5.91 Å². The third kappa shape index (κ3) is 7.22. The minimum atomic E-state index is -0.524. The van der Waals surface area contributed by atoms with Crippen LogP contribution in [0.2, 0.25) is 0 Å².